The molecule has 5 aromatic rings. The van der Waals surface area contributed by atoms with Crippen LogP contribution in [0.2, 0.25) is 0 Å². The van der Waals surface area contributed by atoms with Crippen LogP contribution in [0.3, 0.4) is 0 Å². The van der Waals surface area contributed by atoms with Gasteiger partial charge in [-0.2, -0.15) is 5.26 Å². The first kappa shape index (κ1) is 25.8. The molecule has 2 atom stereocenters. The van der Waals surface area contributed by atoms with E-state index in [0.29, 0.717) is 6.07 Å². The molecule has 6 rings (SSSR count). The van der Waals surface area contributed by atoms with Crippen molar-refractivity contribution in [2.24, 2.45) is 5.73 Å². The van der Waals surface area contributed by atoms with Crippen molar-refractivity contribution in [2.75, 3.05) is 0 Å². The number of nitrogens with two attached hydrogens (primary N) is 1. The number of fused-ring (bicyclic) bond motifs is 3. The summed E-state index contributed by atoms with van der Waals surface area (Å²) in [4.78, 5) is 5.00. The molecule has 0 spiro atoms. The molecule has 1 aliphatic carbocycles. The Morgan fingerprint density at radius 1 is 0.850 bits per heavy atom. The predicted octanol–water partition coefficient (Wildman–Crippen LogP) is 7.21. The van der Waals surface area contributed by atoms with Gasteiger partial charge in [-0.05, 0) is 40.5 Å². The van der Waals surface area contributed by atoms with E-state index in [4.69, 9.17) is 16.0 Å². The summed E-state index contributed by atoms with van der Waals surface area (Å²) >= 11 is 4.44. The SMILES string of the molecule is N#Cc1cc(F)c(-c2ccc(C3=Cc4c(-c5ccccc5)nc5ccccc5c4C(NS)C3N)cc2)c(F)c1F. The normalized spacial score (nSPS) is 16.4. The lowest BCUT2D eigenvalue weighted by atomic mass is 9.79. The van der Waals surface area contributed by atoms with Gasteiger partial charge in [0.15, 0.2) is 11.6 Å². The van der Waals surface area contributed by atoms with Gasteiger partial charge in [0, 0.05) is 16.5 Å². The van der Waals surface area contributed by atoms with E-state index in [1.807, 2.05) is 60.7 Å². The first-order chi connectivity index (χ1) is 19.4. The first-order valence-corrected chi connectivity index (χ1v) is 12.9. The third kappa shape index (κ3) is 4.16. The minimum absolute atomic E-state index is 0.133. The van der Waals surface area contributed by atoms with E-state index in [1.165, 1.54) is 18.2 Å². The highest BCUT2D eigenvalue weighted by Gasteiger charge is 2.33. The van der Waals surface area contributed by atoms with Gasteiger partial charge in [-0.15, -0.1) is 0 Å². The highest BCUT2D eigenvalue weighted by Crippen LogP contribution is 2.43. The van der Waals surface area contributed by atoms with Crippen molar-refractivity contribution in [2.45, 2.75) is 12.1 Å². The third-order valence-electron chi connectivity index (χ3n) is 7.27. The number of nitrogens with one attached hydrogen (secondary N) is 1. The van der Waals surface area contributed by atoms with Crippen LogP contribution in [0, 0.1) is 28.8 Å². The quantitative estimate of drug-likeness (QED) is 0.163. The molecule has 1 aliphatic rings. The number of aromatic nitrogens is 1. The second kappa shape index (κ2) is 10.3. The van der Waals surface area contributed by atoms with Crippen molar-refractivity contribution in [3.05, 3.63) is 125 Å². The van der Waals surface area contributed by atoms with Crippen LogP contribution < -0.4 is 10.5 Å². The number of halogens is 3. The van der Waals surface area contributed by atoms with Crippen LogP contribution in [0.25, 0.3) is 44.9 Å². The van der Waals surface area contributed by atoms with E-state index in [9.17, 15) is 13.2 Å². The zero-order chi connectivity index (χ0) is 28.0. The molecule has 0 saturated heterocycles. The average Bonchev–Trinajstić information content (AvgIpc) is 2.99. The number of pyridine rings is 1. The summed E-state index contributed by atoms with van der Waals surface area (Å²) in [6.07, 6.45) is 2.00. The standard InChI is InChI=1S/C32H21F3N4S/c33-24-14-20(16-36)28(34)29(35)26(24)18-12-10-17(11-13-18)22-15-23-27(32(39-40)30(22)37)21-8-4-5-9-25(21)38-31(23)19-6-2-1-3-7-19/h1-15,30,32,39-40H,37H2. The summed E-state index contributed by atoms with van der Waals surface area (Å²) in [6, 6.07) is 25.4. The van der Waals surface area contributed by atoms with Crippen molar-refractivity contribution in [1.82, 2.24) is 9.71 Å². The van der Waals surface area contributed by atoms with Crippen LogP contribution >= 0.6 is 12.8 Å². The number of hydrogen-bond donors (Lipinski definition) is 3. The smallest absolute Gasteiger partial charge is 0.177 e. The summed E-state index contributed by atoms with van der Waals surface area (Å²) in [5, 5.41) is 9.90. The van der Waals surface area contributed by atoms with E-state index in [0.717, 1.165) is 44.4 Å². The van der Waals surface area contributed by atoms with Gasteiger partial charge in [0.25, 0.3) is 0 Å². The van der Waals surface area contributed by atoms with Crippen molar-refractivity contribution in [3.63, 3.8) is 0 Å². The molecule has 196 valence electrons. The molecule has 0 saturated carbocycles. The van der Waals surface area contributed by atoms with Crippen molar-refractivity contribution < 1.29 is 13.2 Å². The molecule has 40 heavy (non-hydrogen) atoms. The number of nitrogens with zero attached hydrogens (tertiary/aromatic N) is 2. The van der Waals surface area contributed by atoms with Crippen LogP contribution in [0.5, 0.6) is 0 Å². The maximum Gasteiger partial charge on any atom is 0.177 e. The Balaban J connectivity index is 1.53. The second-order valence-electron chi connectivity index (χ2n) is 9.50. The van der Waals surface area contributed by atoms with Gasteiger partial charge in [-0.25, -0.2) is 18.2 Å². The lowest BCUT2D eigenvalue weighted by Crippen LogP contribution is -2.38. The van der Waals surface area contributed by atoms with Gasteiger partial charge in [0.1, 0.15) is 11.9 Å². The predicted molar refractivity (Wildman–Crippen MR) is 154 cm³/mol. The number of nitriles is 1. The molecule has 0 amide bonds. The topological polar surface area (TPSA) is 74.7 Å². The minimum Gasteiger partial charge on any atom is -0.322 e. The fourth-order valence-electron chi connectivity index (χ4n) is 5.35. The number of thiol groups is 1. The van der Waals surface area contributed by atoms with Crippen LogP contribution in [-0.2, 0) is 0 Å². The molecule has 4 nitrogen and oxygen atoms in total. The molecule has 3 N–H and O–H groups in total. The highest BCUT2D eigenvalue weighted by molar-refractivity contribution is 7.78. The zero-order valence-electron chi connectivity index (χ0n) is 20.9. The summed E-state index contributed by atoms with van der Waals surface area (Å²) in [6.45, 7) is 0. The third-order valence-corrected chi connectivity index (χ3v) is 7.55. The number of hydrogen-bond acceptors (Lipinski definition) is 5. The Morgan fingerprint density at radius 3 is 2.23 bits per heavy atom. The molecule has 0 bridgehead atoms. The van der Waals surface area contributed by atoms with E-state index < -0.39 is 34.6 Å². The summed E-state index contributed by atoms with van der Waals surface area (Å²) in [7, 11) is 0. The van der Waals surface area contributed by atoms with Crippen molar-refractivity contribution in [3.8, 4) is 28.5 Å². The average molecular weight is 551 g/mol. The first-order valence-electron chi connectivity index (χ1n) is 12.5. The Morgan fingerprint density at radius 2 is 1.52 bits per heavy atom. The summed E-state index contributed by atoms with van der Waals surface area (Å²) in [5.41, 5.74) is 11.6. The molecule has 4 aromatic carbocycles. The lowest BCUT2D eigenvalue weighted by Gasteiger charge is -2.33. The number of rotatable bonds is 4. The van der Waals surface area contributed by atoms with E-state index in [2.05, 4.69) is 17.5 Å². The van der Waals surface area contributed by atoms with Gasteiger partial charge >= 0.3 is 0 Å². The molecule has 2 unspecified atom stereocenters. The lowest BCUT2D eigenvalue weighted by molar-refractivity contribution is 0.496. The van der Waals surface area contributed by atoms with Gasteiger partial charge in [-0.3, -0.25) is 4.72 Å². The van der Waals surface area contributed by atoms with Gasteiger partial charge in [0.05, 0.1) is 34.4 Å². The molecular formula is C32H21F3N4S. The fraction of sp³-hybridized carbons (Fsp3) is 0.0625. The van der Waals surface area contributed by atoms with Crippen LogP contribution in [-0.4, -0.2) is 11.0 Å². The number of para-hydroxylation sites is 1. The molecule has 1 aromatic heterocycles. The van der Waals surface area contributed by atoms with E-state index >= 15 is 0 Å². The Kier molecular flexibility index (Phi) is 6.64. The Labute approximate surface area is 234 Å². The van der Waals surface area contributed by atoms with Crippen molar-refractivity contribution >= 4 is 35.4 Å². The zero-order valence-corrected chi connectivity index (χ0v) is 21.8. The second-order valence-corrected chi connectivity index (χ2v) is 9.76. The number of benzene rings is 4. The van der Waals surface area contributed by atoms with Crippen LogP contribution in [0.4, 0.5) is 13.2 Å². The molecule has 0 fully saturated rings. The fourth-order valence-corrected chi connectivity index (χ4v) is 5.64. The molecular weight excluding hydrogens is 529 g/mol. The van der Waals surface area contributed by atoms with E-state index in [-0.39, 0.29) is 11.6 Å². The van der Waals surface area contributed by atoms with Gasteiger partial charge < -0.3 is 5.73 Å². The maximum atomic E-state index is 14.7. The van der Waals surface area contributed by atoms with Gasteiger partial charge in [-0.1, -0.05) is 85.6 Å². The Hall–Kier alpha value is -4.42. The van der Waals surface area contributed by atoms with Crippen LogP contribution in [0.15, 0.2) is 84.9 Å². The molecule has 1 heterocycles. The van der Waals surface area contributed by atoms with Crippen LogP contribution in [0.1, 0.15) is 28.3 Å². The molecule has 0 radical (unpaired) electrons. The maximum absolute atomic E-state index is 14.7. The highest BCUT2D eigenvalue weighted by atomic mass is 32.1. The van der Waals surface area contributed by atoms with Gasteiger partial charge in [0.2, 0.25) is 0 Å². The summed E-state index contributed by atoms with van der Waals surface area (Å²) in [5.74, 6) is -3.81. The minimum atomic E-state index is -1.41. The van der Waals surface area contributed by atoms with Crippen molar-refractivity contribution in [1.29, 1.82) is 5.26 Å². The van der Waals surface area contributed by atoms with E-state index in [1.54, 1.807) is 12.1 Å². The Bertz CT molecular complexity index is 1850. The molecule has 0 aliphatic heterocycles. The largest absolute Gasteiger partial charge is 0.322 e. The summed E-state index contributed by atoms with van der Waals surface area (Å²) < 4.78 is 46.7. The molecule has 8 heteroatoms. The monoisotopic (exact) mass is 550 g/mol.